The van der Waals surface area contributed by atoms with Gasteiger partial charge < -0.3 is 9.64 Å². The molecule has 0 saturated heterocycles. The lowest BCUT2D eigenvalue weighted by Crippen LogP contribution is -2.34. The second kappa shape index (κ2) is 7.75. The van der Waals surface area contributed by atoms with Crippen molar-refractivity contribution in [3.8, 4) is 6.07 Å². The summed E-state index contributed by atoms with van der Waals surface area (Å²) >= 11 is 4.18. The van der Waals surface area contributed by atoms with Gasteiger partial charge in [-0.1, -0.05) is 0 Å². The number of methoxy groups -OCH3 is 1. The highest BCUT2D eigenvalue weighted by Gasteiger charge is 2.14. The molecule has 0 saturated carbocycles. The Balaban J connectivity index is 2.74. The molecule has 0 heterocycles. The molecule has 0 aliphatic rings. The van der Waals surface area contributed by atoms with E-state index in [1.807, 2.05) is 6.07 Å². The van der Waals surface area contributed by atoms with E-state index in [1.54, 1.807) is 36.3 Å². The van der Waals surface area contributed by atoms with Gasteiger partial charge in [0.1, 0.15) is 0 Å². The molecular weight excluding hydrogens is 248 g/mol. The van der Waals surface area contributed by atoms with Crippen LogP contribution in [0.5, 0.6) is 0 Å². The number of thiol groups is 1. The first-order chi connectivity index (χ1) is 8.69. The third-order valence-electron chi connectivity index (χ3n) is 2.46. The fourth-order valence-electron chi connectivity index (χ4n) is 1.49. The Morgan fingerprint density at radius 1 is 1.39 bits per heavy atom. The summed E-state index contributed by atoms with van der Waals surface area (Å²) in [6.07, 6.45) is 0.320. The summed E-state index contributed by atoms with van der Waals surface area (Å²) in [6, 6.07) is 9.05. The van der Waals surface area contributed by atoms with Crippen LogP contribution in [0.4, 0.5) is 0 Å². The zero-order chi connectivity index (χ0) is 13.4. The summed E-state index contributed by atoms with van der Waals surface area (Å²) in [6.45, 7) is 1.36. The van der Waals surface area contributed by atoms with Gasteiger partial charge >= 0.3 is 0 Å². The maximum atomic E-state index is 12.2. The first kappa shape index (κ1) is 14.6. The van der Waals surface area contributed by atoms with E-state index in [4.69, 9.17) is 10.00 Å². The van der Waals surface area contributed by atoms with Crippen LogP contribution in [-0.4, -0.2) is 37.6 Å². The Hall–Kier alpha value is -1.51. The number of carbonyl (C=O) groups is 1. The van der Waals surface area contributed by atoms with Crippen LogP contribution < -0.4 is 0 Å². The van der Waals surface area contributed by atoms with E-state index < -0.39 is 0 Å². The molecule has 0 aliphatic carbocycles. The van der Waals surface area contributed by atoms with Gasteiger partial charge in [0.2, 0.25) is 0 Å². The Kier molecular flexibility index (Phi) is 6.26. The summed E-state index contributed by atoms with van der Waals surface area (Å²) in [5, 5.41) is 8.60. The van der Waals surface area contributed by atoms with E-state index in [0.29, 0.717) is 31.7 Å². The number of nitrogens with zero attached hydrogens (tertiary/aromatic N) is 2. The van der Waals surface area contributed by atoms with Crippen LogP contribution in [-0.2, 0) is 4.74 Å². The van der Waals surface area contributed by atoms with Crippen molar-refractivity contribution in [3.63, 3.8) is 0 Å². The molecule has 0 N–H and O–H groups in total. The van der Waals surface area contributed by atoms with Crippen molar-refractivity contribution in [2.24, 2.45) is 0 Å². The first-order valence-corrected chi connectivity index (χ1v) is 6.08. The van der Waals surface area contributed by atoms with Crippen molar-refractivity contribution in [1.29, 1.82) is 5.26 Å². The van der Waals surface area contributed by atoms with Crippen molar-refractivity contribution < 1.29 is 9.53 Å². The van der Waals surface area contributed by atoms with Gasteiger partial charge in [-0.05, 0) is 24.3 Å². The third kappa shape index (κ3) is 4.40. The monoisotopic (exact) mass is 264 g/mol. The number of ether oxygens (including phenoxy) is 1. The Morgan fingerprint density at radius 2 is 2.06 bits per heavy atom. The lowest BCUT2D eigenvalue weighted by Gasteiger charge is -2.21. The van der Waals surface area contributed by atoms with Gasteiger partial charge in [0.25, 0.3) is 5.91 Å². The molecule has 0 radical (unpaired) electrons. The molecule has 0 aromatic heterocycles. The van der Waals surface area contributed by atoms with Crippen molar-refractivity contribution >= 4 is 18.5 Å². The number of benzene rings is 1. The third-order valence-corrected chi connectivity index (χ3v) is 2.76. The van der Waals surface area contributed by atoms with Crippen LogP contribution in [0.25, 0.3) is 0 Å². The Morgan fingerprint density at radius 3 is 2.61 bits per heavy atom. The maximum absolute atomic E-state index is 12.2. The van der Waals surface area contributed by atoms with Gasteiger partial charge in [-0.3, -0.25) is 4.79 Å². The van der Waals surface area contributed by atoms with Crippen LogP contribution >= 0.6 is 12.6 Å². The van der Waals surface area contributed by atoms with E-state index in [9.17, 15) is 4.79 Å². The minimum absolute atomic E-state index is 0.0874. The molecular formula is C13H16N2O2S. The standard InChI is InChI=1S/C13H16N2O2S/c1-17-10-9-15(8-2-7-14)13(16)11-3-5-12(18)6-4-11/h3-6,18H,2,8-10H2,1H3. The summed E-state index contributed by atoms with van der Waals surface area (Å²) in [5.74, 6) is -0.0874. The fourth-order valence-corrected chi connectivity index (χ4v) is 1.64. The first-order valence-electron chi connectivity index (χ1n) is 5.63. The molecule has 0 spiro atoms. The Bertz CT molecular complexity index is 426. The molecule has 5 heteroatoms. The molecule has 4 nitrogen and oxygen atoms in total. The van der Waals surface area contributed by atoms with Crippen molar-refractivity contribution in [3.05, 3.63) is 29.8 Å². The van der Waals surface area contributed by atoms with Gasteiger partial charge in [-0.15, -0.1) is 12.6 Å². The molecule has 18 heavy (non-hydrogen) atoms. The van der Waals surface area contributed by atoms with E-state index in [-0.39, 0.29) is 5.91 Å². The Labute approximate surface area is 113 Å². The predicted octanol–water partition coefficient (Wildman–Crippen LogP) is 1.98. The molecule has 96 valence electrons. The number of hydrogen-bond donors (Lipinski definition) is 1. The van der Waals surface area contributed by atoms with E-state index in [0.717, 1.165) is 4.90 Å². The zero-order valence-corrected chi connectivity index (χ0v) is 11.2. The number of nitriles is 1. The molecule has 1 rings (SSSR count). The average Bonchev–Trinajstić information content (AvgIpc) is 2.39. The van der Waals surface area contributed by atoms with Gasteiger partial charge in [0.15, 0.2) is 0 Å². The molecule has 0 atom stereocenters. The van der Waals surface area contributed by atoms with Crippen LogP contribution in [0, 0.1) is 11.3 Å². The van der Waals surface area contributed by atoms with Crippen LogP contribution in [0.1, 0.15) is 16.8 Å². The summed E-state index contributed by atoms with van der Waals surface area (Å²) in [4.78, 5) is 14.6. The summed E-state index contributed by atoms with van der Waals surface area (Å²) in [5.41, 5.74) is 0.599. The summed E-state index contributed by atoms with van der Waals surface area (Å²) in [7, 11) is 1.59. The predicted molar refractivity (Wildman–Crippen MR) is 71.7 cm³/mol. The molecule has 1 amide bonds. The smallest absolute Gasteiger partial charge is 0.253 e. The highest BCUT2D eigenvalue weighted by Crippen LogP contribution is 2.10. The van der Waals surface area contributed by atoms with Crippen LogP contribution in [0.15, 0.2) is 29.2 Å². The van der Waals surface area contributed by atoms with Gasteiger partial charge in [-0.2, -0.15) is 5.26 Å². The minimum Gasteiger partial charge on any atom is -0.383 e. The molecule has 1 aromatic rings. The van der Waals surface area contributed by atoms with Crippen molar-refractivity contribution in [2.75, 3.05) is 26.8 Å². The SMILES string of the molecule is COCCN(CCC#N)C(=O)c1ccc(S)cc1. The normalized spacial score (nSPS) is 9.83. The van der Waals surface area contributed by atoms with Crippen LogP contribution in [0.3, 0.4) is 0 Å². The highest BCUT2D eigenvalue weighted by molar-refractivity contribution is 7.80. The lowest BCUT2D eigenvalue weighted by molar-refractivity contribution is 0.0700. The van der Waals surface area contributed by atoms with E-state index >= 15 is 0 Å². The quantitative estimate of drug-likeness (QED) is 0.799. The number of amides is 1. The zero-order valence-electron chi connectivity index (χ0n) is 10.3. The van der Waals surface area contributed by atoms with Gasteiger partial charge in [0.05, 0.1) is 19.1 Å². The summed E-state index contributed by atoms with van der Waals surface area (Å²) < 4.78 is 4.97. The molecule has 1 aromatic carbocycles. The lowest BCUT2D eigenvalue weighted by atomic mass is 10.2. The average molecular weight is 264 g/mol. The highest BCUT2D eigenvalue weighted by atomic mass is 32.1. The second-order valence-electron chi connectivity index (χ2n) is 3.74. The molecule has 0 bridgehead atoms. The van der Waals surface area contributed by atoms with Crippen molar-refractivity contribution in [1.82, 2.24) is 4.90 Å². The van der Waals surface area contributed by atoms with Crippen molar-refractivity contribution in [2.45, 2.75) is 11.3 Å². The molecule has 0 aliphatic heterocycles. The second-order valence-corrected chi connectivity index (χ2v) is 4.26. The number of carbonyl (C=O) groups excluding carboxylic acids is 1. The fraction of sp³-hybridized carbons (Fsp3) is 0.385. The van der Waals surface area contributed by atoms with Crippen LogP contribution in [0.2, 0.25) is 0 Å². The molecule has 0 unspecified atom stereocenters. The van der Waals surface area contributed by atoms with E-state index in [1.165, 1.54) is 0 Å². The minimum atomic E-state index is -0.0874. The number of hydrogen-bond acceptors (Lipinski definition) is 4. The largest absolute Gasteiger partial charge is 0.383 e. The topological polar surface area (TPSA) is 53.3 Å². The van der Waals surface area contributed by atoms with Gasteiger partial charge in [0, 0.05) is 30.7 Å². The maximum Gasteiger partial charge on any atom is 0.253 e. The van der Waals surface area contributed by atoms with E-state index in [2.05, 4.69) is 12.6 Å². The number of rotatable bonds is 6. The molecule has 0 fully saturated rings. The van der Waals surface area contributed by atoms with Gasteiger partial charge in [-0.25, -0.2) is 0 Å².